The molecular formula is C21H23ClFN7. The molecule has 1 saturated heterocycles. The Bertz CT molecular complexity index is 1060. The molecular weight excluding hydrogens is 405 g/mol. The topological polar surface area (TPSA) is 53.3 Å². The highest BCUT2D eigenvalue weighted by Crippen LogP contribution is 2.34. The summed E-state index contributed by atoms with van der Waals surface area (Å²) in [6.07, 6.45) is 1.26. The van der Waals surface area contributed by atoms with Gasteiger partial charge in [0.25, 0.3) is 0 Å². The molecule has 7 nitrogen and oxygen atoms in total. The number of rotatable bonds is 2. The Labute approximate surface area is 179 Å². The Morgan fingerprint density at radius 1 is 1.03 bits per heavy atom. The zero-order valence-corrected chi connectivity index (χ0v) is 17.7. The zero-order chi connectivity index (χ0) is 20.8. The number of aromatic nitrogens is 4. The number of piperazine rings is 1. The van der Waals surface area contributed by atoms with E-state index in [0.29, 0.717) is 0 Å². The van der Waals surface area contributed by atoms with Gasteiger partial charge in [0.05, 0.1) is 17.9 Å². The number of pyridine rings is 1. The van der Waals surface area contributed by atoms with Crippen molar-refractivity contribution < 1.29 is 4.39 Å². The van der Waals surface area contributed by atoms with Gasteiger partial charge in [0.15, 0.2) is 5.82 Å². The lowest BCUT2D eigenvalue weighted by molar-refractivity contribution is 0.247. The molecule has 2 aliphatic rings. The first kappa shape index (κ1) is 19.3. The third kappa shape index (κ3) is 3.30. The van der Waals surface area contributed by atoms with Crippen LogP contribution in [0, 0.1) is 5.82 Å². The molecule has 1 fully saturated rings. The summed E-state index contributed by atoms with van der Waals surface area (Å²) < 4.78 is 15.4. The van der Waals surface area contributed by atoms with Crippen molar-refractivity contribution in [3.05, 3.63) is 58.8 Å². The minimum Gasteiger partial charge on any atom is -0.353 e. The van der Waals surface area contributed by atoms with E-state index < -0.39 is 0 Å². The largest absolute Gasteiger partial charge is 0.353 e. The van der Waals surface area contributed by atoms with E-state index in [1.807, 2.05) is 12.1 Å². The number of nitrogens with zero attached hydrogens (tertiary/aromatic N) is 7. The molecule has 1 aromatic carbocycles. The Morgan fingerprint density at radius 3 is 2.53 bits per heavy atom. The molecule has 2 aliphatic heterocycles. The summed E-state index contributed by atoms with van der Waals surface area (Å²) in [5.74, 6) is 2.26. The maximum absolute atomic E-state index is 13.2. The van der Waals surface area contributed by atoms with Crippen molar-refractivity contribution in [2.24, 2.45) is 0 Å². The number of anilines is 2. The molecule has 1 atom stereocenters. The van der Waals surface area contributed by atoms with Crippen LogP contribution >= 0.6 is 11.6 Å². The van der Waals surface area contributed by atoms with Crippen molar-refractivity contribution in [1.29, 1.82) is 0 Å². The second kappa shape index (κ2) is 7.52. The lowest BCUT2D eigenvalue weighted by atomic mass is 10.1. The van der Waals surface area contributed by atoms with Crippen LogP contribution in [-0.2, 0) is 6.54 Å². The van der Waals surface area contributed by atoms with Crippen LogP contribution in [0.5, 0.6) is 0 Å². The second-order valence-corrected chi connectivity index (χ2v) is 8.30. The van der Waals surface area contributed by atoms with Crippen LogP contribution in [0.15, 0.2) is 36.5 Å². The normalized spacial score (nSPS) is 19.4. The number of hydrogen-bond acceptors (Lipinski definition) is 6. The fourth-order valence-corrected chi connectivity index (χ4v) is 4.38. The minimum absolute atomic E-state index is 0.127. The number of benzene rings is 1. The van der Waals surface area contributed by atoms with Gasteiger partial charge in [-0.2, -0.15) is 0 Å². The summed E-state index contributed by atoms with van der Waals surface area (Å²) in [4.78, 5) is 10.9. The summed E-state index contributed by atoms with van der Waals surface area (Å²) in [6, 6.07) is 9.30. The first-order valence-corrected chi connectivity index (χ1v) is 10.4. The van der Waals surface area contributed by atoms with E-state index in [2.05, 4.69) is 54.5 Å². The lowest BCUT2D eigenvalue weighted by Crippen LogP contribution is -2.47. The van der Waals surface area contributed by atoms with E-state index in [0.717, 1.165) is 66.6 Å². The van der Waals surface area contributed by atoms with Crippen LogP contribution in [-0.4, -0.2) is 57.9 Å². The second-order valence-electron chi connectivity index (χ2n) is 7.87. The highest BCUT2D eigenvalue weighted by Gasteiger charge is 2.31. The molecule has 9 heteroatoms. The molecule has 4 heterocycles. The van der Waals surface area contributed by atoms with Gasteiger partial charge in [-0.1, -0.05) is 11.6 Å². The van der Waals surface area contributed by atoms with E-state index in [9.17, 15) is 4.39 Å². The summed E-state index contributed by atoms with van der Waals surface area (Å²) in [5, 5.41) is 9.86. The van der Waals surface area contributed by atoms with Crippen molar-refractivity contribution in [3.63, 3.8) is 0 Å². The average molecular weight is 428 g/mol. The standard InChI is InChI=1S/C21H23ClFN7/c1-14-20-25-26-21(30(20)18-5-3-16(22)11-15(18)13-27(14)2)29-9-7-28(8-10-29)19-6-4-17(23)12-24-19/h3-6,11-12,14H,7-10,13H2,1-2H3. The predicted molar refractivity (Wildman–Crippen MR) is 115 cm³/mol. The van der Waals surface area contributed by atoms with E-state index in [4.69, 9.17) is 11.6 Å². The maximum atomic E-state index is 13.2. The van der Waals surface area contributed by atoms with E-state index >= 15 is 0 Å². The van der Waals surface area contributed by atoms with Crippen LogP contribution < -0.4 is 9.80 Å². The molecule has 0 spiro atoms. The summed E-state index contributed by atoms with van der Waals surface area (Å²) in [6.45, 7) is 6.07. The van der Waals surface area contributed by atoms with Crippen LogP contribution in [0.2, 0.25) is 5.02 Å². The van der Waals surface area contributed by atoms with Gasteiger partial charge in [-0.3, -0.25) is 9.47 Å². The van der Waals surface area contributed by atoms with Gasteiger partial charge in [0.2, 0.25) is 5.95 Å². The fraction of sp³-hybridized carbons (Fsp3) is 0.381. The smallest absolute Gasteiger partial charge is 0.232 e. The van der Waals surface area contributed by atoms with E-state index in [1.165, 1.54) is 12.3 Å². The monoisotopic (exact) mass is 427 g/mol. The SMILES string of the molecule is CC1c2nnc(N3CCN(c4ccc(F)cn4)CC3)n2-c2ccc(Cl)cc2CN1C. The summed E-state index contributed by atoms with van der Waals surface area (Å²) in [5.41, 5.74) is 2.24. The Hall–Kier alpha value is -2.71. The zero-order valence-electron chi connectivity index (χ0n) is 17.0. The van der Waals surface area contributed by atoms with E-state index in [-0.39, 0.29) is 11.9 Å². The quantitative estimate of drug-likeness (QED) is 0.625. The fourth-order valence-electron chi connectivity index (χ4n) is 4.19. The molecule has 0 radical (unpaired) electrons. The number of halogens is 2. The van der Waals surface area contributed by atoms with Crippen molar-refractivity contribution in [2.45, 2.75) is 19.5 Å². The van der Waals surface area contributed by atoms with Gasteiger partial charge in [-0.25, -0.2) is 9.37 Å². The van der Waals surface area contributed by atoms with Crippen LogP contribution in [0.1, 0.15) is 24.4 Å². The molecule has 0 saturated carbocycles. The van der Waals surface area contributed by atoms with Crippen LogP contribution in [0.3, 0.4) is 0 Å². The van der Waals surface area contributed by atoms with Crippen molar-refractivity contribution in [1.82, 2.24) is 24.6 Å². The first-order chi connectivity index (χ1) is 14.5. The highest BCUT2D eigenvalue weighted by molar-refractivity contribution is 6.30. The summed E-state index contributed by atoms with van der Waals surface area (Å²) >= 11 is 6.28. The predicted octanol–water partition coefficient (Wildman–Crippen LogP) is 3.29. The van der Waals surface area contributed by atoms with Gasteiger partial charge < -0.3 is 9.80 Å². The Balaban J connectivity index is 1.46. The molecule has 0 aliphatic carbocycles. The highest BCUT2D eigenvalue weighted by atomic mass is 35.5. The molecule has 1 unspecified atom stereocenters. The molecule has 0 bridgehead atoms. The minimum atomic E-state index is -0.318. The average Bonchev–Trinajstić information content (AvgIpc) is 3.15. The lowest BCUT2D eigenvalue weighted by Gasteiger charge is -2.36. The van der Waals surface area contributed by atoms with Crippen molar-refractivity contribution in [2.75, 3.05) is 43.0 Å². The van der Waals surface area contributed by atoms with Gasteiger partial charge in [-0.05, 0) is 49.9 Å². The van der Waals surface area contributed by atoms with Gasteiger partial charge in [-0.15, -0.1) is 10.2 Å². The third-order valence-electron chi connectivity index (χ3n) is 6.01. The van der Waals surface area contributed by atoms with Crippen LogP contribution in [0.25, 0.3) is 5.69 Å². The number of hydrogen-bond donors (Lipinski definition) is 0. The van der Waals surface area contributed by atoms with Gasteiger partial charge in [0.1, 0.15) is 11.6 Å². The van der Waals surface area contributed by atoms with E-state index in [1.54, 1.807) is 6.07 Å². The first-order valence-electron chi connectivity index (χ1n) is 10.1. The van der Waals surface area contributed by atoms with Crippen LogP contribution in [0.4, 0.5) is 16.2 Å². The third-order valence-corrected chi connectivity index (χ3v) is 6.24. The molecule has 3 aromatic rings. The molecule has 2 aromatic heterocycles. The van der Waals surface area contributed by atoms with Crippen molar-refractivity contribution >= 4 is 23.4 Å². The Kier molecular flexibility index (Phi) is 4.83. The van der Waals surface area contributed by atoms with Gasteiger partial charge >= 0.3 is 0 Å². The summed E-state index contributed by atoms with van der Waals surface area (Å²) in [7, 11) is 2.09. The molecule has 30 heavy (non-hydrogen) atoms. The molecule has 0 N–H and O–H groups in total. The van der Waals surface area contributed by atoms with Crippen molar-refractivity contribution in [3.8, 4) is 5.69 Å². The molecule has 5 rings (SSSR count). The number of fused-ring (bicyclic) bond motifs is 3. The van der Waals surface area contributed by atoms with Gasteiger partial charge in [0, 0.05) is 37.7 Å². The molecule has 156 valence electrons. The maximum Gasteiger partial charge on any atom is 0.232 e. The Morgan fingerprint density at radius 2 is 1.80 bits per heavy atom. The molecule has 0 amide bonds.